The van der Waals surface area contributed by atoms with E-state index in [1.165, 1.54) is 13.5 Å². The number of esters is 1. The Bertz CT molecular complexity index is 207. The second-order valence-corrected chi connectivity index (χ2v) is 4.15. The number of methoxy groups -OCH3 is 1. The van der Waals surface area contributed by atoms with Crippen LogP contribution in [0.25, 0.3) is 0 Å². The lowest BCUT2D eigenvalue weighted by atomic mass is 9.96. The van der Waals surface area contributed by atoms with Crippen molar-refractivity contribution in [3.63, 3.8) is 0 Å². The first kappa shape index (κ1) is 12.5. The van der Waals surface area contributed by atoms with Gasteiger partial charge in [0.05, 0.1) is 7.11 Å². The van der Waals surface area contributed by atoms with Crippen LogP contribution < -0.4 is 5.73 Å². The van der Waals surface area contributed by atoms with E-state index in [1.807, 2.05) is 0 Å². The fourth-order valence-electron chi connectivity index (χ4n) is 2.28. The van der Waals surface area contributed by atoms with Crippen molar-refractivity contribution in [1.82, 2.24) is 4.90 Å². The third kappa shape index (κ3) is 3.18. The zero-order valence-electron chi connectivity index (χ0n) is 9.74. The predicted molar refractivity (Wildman–Crippen MR) is 59.5 cm³/mol. The van der Waals surface area contributed by atoms with Crippen LogP contribution in [0.3, 0.4) is 0 Å². The molecule has 0 saturated carbocycles. The van der Waals surface area contributed by atoms with Crippen molar-refractivity contribution in [3.05, 3.63) is 0 Å². The first-order chi connectivity index (χ1) is 7.20. The molecule has 1 aliphatic heterocycles. The van der Waals surface area contributed by atoms with Gasteiger partial charge in [0.2, 0.25) is 0 Å². The molecule has 0 aromatic heterocycles. The van der Waals surface area contributed by atoms with Crippen LogP contribution in [0.15, 0.2) is 0 Å². The smallest absolute Gasteiger partial charge is 0.324 e. The molecule has 2 atom stereocenters. The van der Waals surface area contributed by atoms with Gasteiger partial charge in [0.1, 0.15) is 6.04 Å². The van der Waals surface area contributed by atoms with Crippen LogP contribution in [0.1, 0.15) is 32.6 Å². The van der Waals surface area contributed by atoms with E-state index in [2.05, 4.69) is 11.8 Å². The van der Waals surface area contributed by atoms with Gasteiger partial charge in [-0.05, 0) is 32.4 Å². The molecule has 1 rings (SSSR count). The Hall–Kier alpha value is -0.610. The molecule has 1 saturated heterocycles. The van der Waals surface area contributed by atoms with Crippen molar-refractivity contribution < 1.29 is 9.53 Å². The van der Waals surface area contributed by atoms with Gasteiger partial charge in [-0.2, -0.15) is 0 Å². The number of hydrogen-bond donors (Lipinski definition) is 1. The lowest BCUT2D eigenvalue weighted by Gasteiger charge is -2.37. The highest BCUT2D eigenvalue weighted by Crippen LogP contribution is 2.19. The minimum Gasteiger partial charge on any atom is -0.468 e. The van der Waals surface area contributed by atoms with Crippen molar-refractivity contribution in [3.8, 4) is 0 Å². The highest BCUT2D eigenvalue weighted by Gasteiger charge is 2.31. The second kappa shape index (κ2) is 6.08. The number of nitrogens with zero attached hydrogens (tertiary/aromatic N) is 1. The maximum Gasteiger partial charge on any atom is 0.324 e. The molecule has 0 radical (unpaired) electrons. The summed E-state index contributed by atoms with van der Waals surface area (Å²) in [7, 11) is 1.40. The van der Waals surface area contributed by atoms with Gasteiger partial charge in [-0.25, -0.2) is 0 Å². The Morgan fingerprint density at radius 2 is 2.33 bits per heavy atom. The quantitative estimate of drug-likeness (QED) is 0.702. The maximum absolute atomic E-state index is 11.4. The lowest BCUT2D eigenvalue weighted by molar-refractivity contribution is -0.144. The van der Waals surface area contributed by atoms with E-state index < -0.39 is 6.04 Å². The third-order valence-electron chi connectivity index (χ3n) is 3.06. The van der Waals surface area contributed by atoms with E-state index in [4.69, 9.17) is 10.5 Å². The molecule has 4 heteroatoms. The molecule has 1 heterocycles. The molecule has 2 unspecified atom stereocenters. The molecule has 2 N–H and O–H groups in total. The number of hydrogen-bond acceptors (Lipinski definition) is 4. The number of carbonyl (C=O) groups is 1. The Labute approximate surface area is 91.8 Å². The Morgan fingerprint density at radius 3 is 2.93 bits per heavy atom. The molecule has 15 heavy (non-hydrogen) atoms. The van der Waals surface area contributed by atoms with E-state index in [1.54, 1.807) is 0 Å². The number of nitrogens with two attached hydrogens (primary N) is 1. The summed E-state index contributed by atoms with van der Waals surface area (Å²) in [6, 6.07) is -0.312. The molecule has 0 aromatic rings. The van der Waals surface area contributed by atoms with Gasteiger partial charge in [-0.1, -0.05) is 13.3 Å². The average Bonchev–Trinajstić information content (AvgIpc) is 2.28. The monoisotopic (exact) mass is 214 g/mol. The van der Waals surface area contributed by atoms with Crippen LogP contribution in [-0.2, 0) is 9.53 Å². The fraction of sp³-hybridized carbons (Fsp3) is 0.909. The summed E-state index contributed by atoms with van der Waals surface area (Å²) in [4.78, 5) is 13.7. The van der Waals surface area contributed by atoms with Gasteiger partial charge in [-0.15, -0.1) is 0 Å². The zero-order valence-corrected chi connectivity index (χ0v) is 9.74. The molecule has 0 bridgehead atoms. The highest BCUT2D eigenvalue weighted by molar-refractivity contribution is 5.76. The summed E-state index contributed by atoms with van der Waals surface area (Å²) in [5, 5.41) is 0. The van der Waals surface area contributed by atoms with Crippen molar-refractivity contribution in [1.29, 1.82) is 0 Å². The van der Waals surface area contributed by atoms with E-state index in [0.29, 0.717) is 0 Å². The van der Waals surface area contributed by atoms with Crippen LogP contribution in [0.5, 0.6) is 0 Å². The number of carbonyl (C=O) groups excluding carboxylic acids is 1. The molecule has 0 aromatic carbocycles. The Kier molecular flexibility index (Phi) is 5.05. The molecule has 0 amide bonds. The predicted octanol–water partition coefficient (Wildman–Crippen LogP) is 0.751. The van der Waals surface area contributed by atoms with Crippen LogP contribution >= 0.6 is 0 Å². The van der Waals surface area contributed by atoms with E-state index in [0.717, 1.165) is 32.4 Å². The van der Waals surface area contributed by atoms with E-state index in [9.17, 15) is 4.79 Å². The third-order valence-corrected chi connectivity index (χ3v) is 3.06. The minimum absolute atomic E-state index is 0.172. The van der Waals surface area contributed by atoms with Crippen LogP contribution in [-0.4, -0.2) is 43.2 Å². The molecule has 1 fully saturated rings. The van der Waals surface area contributed by atoms with Gasteiger partial charge in [0.25, 0.3) is 0 Å². The van der Waals surface area contributed by atoms with Crippen LogP contribution in [0.4, 0.5) is 0 Å². The topological polar surface area (TPSA) is 55.6 Å². The number of piperidine rings is 1. The lowest BCUT2D eigenvalue weighted by Crippen LogP contribution is -2.54. The van der Waals surface area contributed by atoms with Gasteiger partial charge in [0.15, 0.2) is 0 Å². The van der Waals surface area contributed by atoms with Crippen molar-refractivity contribution in [2.45, 2.75) is 44.7 Å². The van der Waals surface area contributed by atoms with Gasteiger partial charge in [0, 0.05) is 6.04 Å². The summed E-state index contributed by atoms with van der Waals surface area (Å²) in [5.74, 6) is -0.289. The Morgan fingerprint density at radius 1 is 1.60 bits per heavy atom. The van der Waals surface area contributed by atoms with E-state index in [-0.39, 0.29) is 12.0 Å². The number of ether oxygens (including phenoxy) is 1. The minimum atomic E-state index is -0.484. The molecule has 0 spiro atoms. The summed E-state index contributed by atoms with van der Waals surface area (Å²) in [5.41, 5.74) is 5.91. The first-order valence-corrected chi connectivity index (χ1v) is 5.78. The molecular formula is C11H22N2O2. The van der Waals surface area contributed by atoms with Gasteiger partial charge < -0.3 is 10.5 Å². The molecule has 88 valence electrons. The SMILES string of the molecule is CCCN1CCCCC1C(N)C(=O)OC. The van der Waals surface area contributed by atoms with E-state index >= 15 is 0 Å². The van der Waals surface area contributed by atoms with Gasteiger partial charge >= 0.3 is 5.97 Å². The second-order valence-electron chi connectivity index (χ2n) is 4.15. The molecular weight excluding hydrogens is 192 g/mol. The van der Waals surface area contributed by atoms with Gasteiger partial charge in [-0.3, -0.25) is 9.69 Å². The summed E-state index contributed by atoms with van der Waals surface area (Å²) in [6.45, 7) is 4.23. The normalized spacial score (nSPS) is 24.9. The standard InChI is InChI=1S/C11H22N2O2/c1-3-7-13-8-5-4-6-9(13)10(12)11(14)15-2/h9-10H,3-8,12H2,1-2H3. The maximum atomic E-state index is 11.4. The number of rotatable bonds is 4. The first-order valence-electron chi connectivity index (χ1n) is 5.78. The number of likely N-dealkylation sites (tertiary alicyclic amines) is 1. The molecule has 4 nitrogen and oxygen atoms in total. The zero-order chi connectivity index (χ0) is 11.3. The fourth-order valence-corrected chi connectivity index (χ4v) is 2.28. The molecule has 1 aliphatic rings. The molecule has 0 aliphatic carbocycles. The highest BCUT2D eigenvalue weighted by atomic mass is 16.5. The van der Waals surface area contributed by atoms with Crippen LogP contribution in [0.2, 0.25) is 0 Å². The van der Waals surface area contributed by atoms with Crippen molar-refractivity contribution >= 4 is 5.97 Å². The Balaban J connectivity index is 2.58. The van der Waals surface area contributed by atoms with Crippen molar-refractivity contribution in [2.24, 2.45) is 5.73 Å². The average molecular weight is 214 g/mol. The largest absolute Gasteiger partial charge is 0.468 e. The summed E-state index contributed by atoms with van der Waals surface area (Å²) in [6.07, 6.45) is 4.49. The van der Waals surface area contributed by atoms with Crippen molar-refractivity contribution in [2.75, 3.05) is 20.2 Å². The summed E-state index contributed by atoms with van der Waals surface area (Å²) >= 11 is 0. The van der Waals surface area contributed by atoms with Crippen LogP contribution in [0, 0.1) is 0 Å². The summed E-state index contributed by atoms with van der Waals surface area (Å²) < 4.78 is 4.70.